The largest absolute Gasteiger partial charge is 0.151 e. The zero-order chi connectivity index (χ0) is 16.1. The number of nitrogens with zero attached hydrogens (tertiary/aromatic N) is 2. The summed E-state index contributed by atoms with van der Waals surface area (Å²) in [6, 6.07) is 29.0. The second kappa shape index (κ2) is 6.71. The summed E-state index contributed by atoms with van der Waals surface area (Å²) in [5, 5.41) is 11.6. The summed E-state index contributed by atoms with van der Waals surface area (Å²) in [6.07, 6.45) is 0. The molecule has 0 saturated carbocycles. The molecule has 0 amide bonds. The molecule has 3 aromatic carbocycles. The van der Waals surface area contributed by atoms with Crippen molar-refractivity contribution < 1.29 is 0 Å². The molecule has 0 unspecified atom stereocenters. The molecule has 23 heavy (non-hydrogen) atoms. The zero-order valence-electron chi connectivity index (χ0n) is 13.5. The SMILES string of the molecule is C[Si](C)(c1ccccc1)c1ccccc1N=Nc1ccccc1. The first kappa shape index (κ1) is 15.4. The van der Waals surface area contributed by atoms with Crippen LogP contribution in [0, 0.1) is 0 Å². The van der Waals surface area contributed by atoms with Gasteiger partial charge < -0.3 is 0 Å². The minimum Gasteiger partial charge on any atom is -0.151 e. The molecule has 0 heterocycles. The van der Waals surface area contributed by atoms with Crippen molar-refractivity contribution in [3.63, 3.8) is 0 Å². The second-order valence-electron chi connectivity index (χ2n) is 6.04. The van der Waals surface area contributed by atoms with Crippen LogP contribution in [0.3, 0.4) is 0 Å². The maximum atomic E-state index is 4.53. The van der Waals surface area contributed by atoms with E-state index < -0.39 is 8.07 Å². The molecule has 0 aromatic heterocycles. The van der Waals surface area contributed by atoms with E-state index in [2.05, 4.69) is 71.9 Å². The highest BCUT2D eigenvalue weighted by molar-refractivity contribution is 7.01. The van der Waals surface area contributed by atoms with Gasteiger partial charge in [-0.2, -0.15) is 10.2 Å². The lowest BCUT2D eigenvalue weighted by Gasteiger charge is -2.24. The van der Waals surface area contributed by atoms with E-state index in [0.29, 0.717) is 0 Å². The molecule has 0 N–H and O–H groups in total. The van der Waals surface area contributed by atoms with Gasteiger partial charge in [0.1, 0.15) is 8.07 Å². The predicted molar refractivity (Wildman–Crippen MR) is 100 cm³/mol. The van der Waals surface area contributed by atoms with Crippen LogP contribution in [-0.2, 0) is 0 Å². The normalized spacial score (nSPS) is 11.7. The van der Waals surface area contributed by atoms with Crippen LogP contribution >= 0.6 is 0 Å². The van der Waals surface area contributed by atoms with Crippen molar-refractivity contribution in [3.8, 4) is 0 Å². The van der Waals surface area contributed by atoms with Gasteiger partial charge in [-0.25, -0.2) is 0 Å². The van der Waals surface area contributed by atoms with Gasteiger partial charge in [-0.15, -0.1) is 0 Å². The van der Waals surface area contributed by atoms with E-state index in [1.54, 1.807) is 0 Å². The Hall–Kier alpha value is -2.52. The summed E-state index contributed by atoms with van der Waals surface area (Å²) < 4.78 is 0. The van der Waals surface area contributed by atoms with Gasteiger partial charge in [-0.05, 0) is 23.4 Å². The van der Waals surface area contributed by atoms with Crippen molar-refractivity contribution in [1.29, 1.82) is 0 Å². The summed E-state index contributed by atoms with van der Waals surface area (Å²) in [4.78, 5) is 0. The van der Waals surface area contributed by atoms with Gasteiger partial charge in [-0.3, -0.25) is 0 Å². The van der Waals surface area contributed by atoms with Crippen molar-refractivity contribution in [2.45, 2.75) is 13.1 Å². The fourth-order valence-electron chi connectivity index (χ4n) is 2.71. The van der Waals surface area contributed by atoms with Crippen LogP contribution in [0.15, 0.2) is 95.2 Å². The van der Waals surface area contributed by atoms with E-state index >= 15 is 0 Å². The van der Waals surface area contributed by atoms with Gasteiger partial charge in [0.2, 0.25) is 0 Å². The Balaban J connectivity index is 2.00. The van der Waals surface area contributed by atoms with Crippen molar-refractivity contribution in [3.05, 3.63) is 84.9 Å². The monoisotopic (exact) mass is 316 g/mol. The van der Waals surface area contributed by atoms with Crippen LogP contribution < -0.4 is 10.4 Å². The molecule has 0 radical (unpaired) electrons. The van der Waals surface area contributed by atoms with E-state index in [9.17, 15) is 0 Å². The van der Waals surface area contributed by atoms with Crippen LogP contribution in [0.5, 0.6) is 0 Å². The fraction of sp³-hybridized carbons (Fsp3) is 0.100. The summed E-state index contributed by atoms with van der Waals surface area (Å²) in [5.41, 5.74) is 1.85. The van der Waals surface area contributed by atoms with Crippen molar-refractivity contribution in [2.24, 2.45) is 10.2 Å². The first-order valence-electron chi connectivity index (χ1n) is 7.80. The number of azo groups is 1. The average molecular weight is 316 g/mol. The van der Waals surface area contributed by atoms with E-state index in [4.69, 9.17) is 0 Å². The third-order valence-corrected chi connectivity index (χ3v) is 7.65. The smallest absolute Gasteiger partial charge is 0.115 e. The molecule has 0 aliphatic carbocycles. The topological polar surface area (TPSA) is 24.7 Å². The molecule has 2 nitrogen and oxygen atoms in total. The van der Waals surface area contributed by atoms with Gasteiger partial charge in [0.15, 0.2) is 0 Å². The van der Waals surface area contributed by atoms with Crippen molar-refractivity contribution in [1.82, 2.24) is 0 Å². The number of rotatable bonds is 4. The van der Waals surface area contributed by atoms with Gasteiger partial charge in [0.25, 0.3) is 0 Å². The molecule has 114 valence electrons. The van der Waals surface area contributed by atoms with Gasteiger partial charge in [0, 0.05) is 0 Å². The van der Waals surface area contributed by atoms with Crippen LogP contribution in [0.25, 0.3) is 0 Å². The van der Waals surface area contributed by atoms with Crippen LogP contribution in [0.4, 0.5) is 11.4 Å². The highest BCUT2D eigenvalue weighted by atomic mass is 28.3. The Morgan fingerprint density at radius 2 is 1.17 bits per heavy atom. The summed E-state index contributed by atoms with van der Waals surface area (Å²) in [7, 11) is -1.79. The van der Waals surface area contributed by atoms with Crippen LogP contribution in [0.2, 0.25) is 13.1 Å². The molecular formula is C20H20N2Si. The standard InChI is InChI=1S/C20H20N2Si/c1-23(2,18-13-7-4-8-14-18)20-16-10-9-15-19(20)22-21-17-11-5-3-6-12-17/h3-16H,1-2H3. The molecule has 0 spiro atoms. The quantitative estimate of drug-likeness (QED) is 0.482. The minimum atomic E-state index is -1.79. The Kier molecular flexibility index (Phi) is 4.49. The molecule has 0 aliphatic heterocycles. The van der Waals surface area contributed by atoms with Gasteiger partial charge in [0.05, 0.1) is 11.4 Å². The highest BCUT2D eigenvalue weighted by Crippen LogP contribution is 2.19. The van der Waals surface area contributed by atoms with Gasteiger partial charge >= 0.3 is 0 Å². The Morgan fingerprint density at radius 1 is 0.609 bits per heavy atom. The highest BCUT2D eigenvalue weighted by Gasteiger charge is 2.28. The van der Waals surface area contributed by atoms with Gasteiger partial charge in [-0.1, -0.05) is 85.0 Å². The lowest BCUT2D eigenvalue weighted by atomic mass is 10.3. The third-order valence-electron chi connectivity index (χ3n) is 4.10. The van der Waals surface area contributed by atoms with Crippen LogP contribution in [0.1, 0.15) is 0 Å². The summed E-state index contributed by atoms with van der Waals surface area (Å²) in [5.74, 6) is 0. The summed E-state index contributed by atoms with van der Waals surface area (Å²) in [6.45, 7) is 4.72. The van der Waals surface area contributed by atoms with Crippen molar-refractivity contribution in [2.75, 3.05) is 0 Å². The molecule has 3 aromatic rings. The van der Waals surface area contributed by atoms with E-state index in [1.807, 2.05) is 36.4 Å². The van der Waals surface area contributed by atoms with E-state index in [1.165, 1.54) is 10.4 Å². The number of hydrogen-bond donors (Lipinski definition) is 0. The Labute approximate surface area is 138 Å². The van der Waals surface area contributed by atoms with Crippen LogP contribution in [-0.4, -0.2) is 8.07 Å². The lowest BCUT2D eigenvalue weighted by Crippen LogP contribution is -2.52. The second-order valence-corrected chi connectivity index (χ2v) is 10.4. The fourth-order valence-corrected chi connectivity index (χ4v) is 5.33. The Bertz CT molecular complexity index is 796. The van der Waals surface area contributed by atoms with E-state index in [0.717, 1.165) is 11.4 Å². The zero-order valence-corrected chi connectivity index (χ0v) is 14.5. The molecule has 0 saturated heterocycles. The molecule has 3 rings (SSSR count). The number of benzene rings is 3. The lowest BCUT2D eigenvalue weighted by molar-refractivity contribution is 1.24. The Morgan fingerprint density at radius 3 is 1.87 bits per heavy atom. The first-order valence-corrected chi connectivity index (χ1v) is 10.8. The number of hydrogen-bond acceptors (Lipinski definition) is 2. The molecule has 0 atom stereocenters. The molecule has 0 aliphatic rings. The molecule has 0 bridgehead atoms. The average Bonchev–Trinajstić information content (AvgIpc) is 2.62. The molecule has 3 heteroatoms. The predicted octanol–water partition coefficient (Wildman–Crippen LogP) is 4.92. The summed E-state index contributed by atoms with van der Waals surface area (Å²) >= 11 is 0. The third kappa shape index (κ3) is 3.46. The van der Waals surface area contributed by atoms with E-state index in [-0.39, 0.29) is 0 Å². The first-order chi connectivity index (χ1) is 11.2. The maximum absolute atomic E-state index is 4.53. The maximum Gasteiger partial charge on any atom is 0.115 e. The molecular weight excluding hydrogens is 296 g/mol. The minimum absolute atomic E-state index is 0.876. The van der Waals surface area contributed by atoms with Crippen molar-refractivity contribution >= 4 is 29.8 Å². The molecule has 0 fully saturated rings.